The molecule has 0 saturated carbocycles. The zero-order chi connectivity index (χ0) is 18.7. The molecule has 1 aromatic carbocycles. The van der Waals surface area contributed by atoms with Gasteiger partial charge in [0.25, 0.3) is 5.91 Å². The van der Waals surface area contributed by atoms with Crippen LogP contribution in [0.4, 0.5) is 0 Å². The Morgan fingerprint density at radius 3 is 2.54 bits per heavy atom. The summed E-state index contributed by atoms with van der Waals surface area (Å²) in [6.07, 6.45) is 3.62. The molecule has 0 saturated heterocycles. The predicted molar refractivity (Wildman–Crippen MR) is 101 cm³/mol. The van der Waals surface area contributed by atoms with Crippen LogP contribution < -0.4 is 5.32 Å². The van der Waals surface area contributed by atoms with Crippen LogP contribution in [0, 0.1) is 0 Å². The normalized spacial score (nSPS) is 12.3. The van der Waals surface area contributed by atoms with Crippen LogP contribution in [-0.2, 0) is 13.6 Å². The molecule has 0 fully saturated rings. The highest BCUT2D eigenvalue weighted by Crippen LogP contribution is 2.22. The summed E-state index contributed by atoms with van der Waals surface area (Å²) in [5.41, 5.74) is 2.48. The zero-order valence-corrected chi connectivity index (χ0v) is 15.7. The van der Waals surface area contributed by atoms with Crippen molar-refractivity contribution in [3.8, 4) is 0 Å². The van der Waals surface area contributed by atoms with E-state index in [1.165, 1.54) is 0 Å². The maximum atomic E-state index is 13.0. The number of rotatable bonds is 6. The molecule has 6 heteroatoms. The lowest BCUT2D eigenvalue weighted by atomic mass is 10.1. The van der Waals surface area contributed by atoms with Crippen molar-refractivity contribution in [1.29, 1.82) is 0 Å². The zero-order valence-electron chi connectivity index (χ0n) is 15.7. The van der Waals surface area contributed by atoms with E-state index >= 15 is 0 Å². The summed E-state index contributed by atoms with van der Waals surface area (Å²) in [6.45, 7) is 6.78. The van der Waals surface area contributed by atoms with Gasteiger partial charge < -0.3 is 9.88 Å². The fourth-order valence-electron chi connectivity index (χ4n) is 2.95. The van der Waals surface area contributed by atoms with Crippen LogP contribution in [0.3, 0.4) is 0 Å². The molecule has 0 aliphatic heterocycles. The average Bonchev–Trinajstić information content (AvgIpc) is 3.26. The van der Waals surface area contributed by atoms with Gasteiger partial charge in [0.1, 0.15) is 17.6 Å². The number of carbonyl (C=O) groups is 1. The highest BCUT2D eigenvalue weighted by molar-refractivity contribution is 5.93. The second-order valence-electron chi connectivity index (χ2n) is 6.64. The highest BCUT2D eigenvalue weighted by atomic mass is 16.2. The van der Waals surface area contributed by atoms with E-state index in [2.05, 4.69) is 29.2 Å². The minimum atomic E-state index is -0.327. The second-order valence-corrected chi connectivity index (χ2v) is 6.64. The van der Waals surface area contributed by atoms with E-state index < -0.39 is 0 Å². The number of aryl methyl sites for hydroxylation is 2. The Labute approximate surface area is 153 Å². The standard InChI is InChI=1S/C20H25N5O/c1-5-25-17(13-16(23-25)14(2)3)20(26)22-18(15-9-7-6-8-10-15)19-21-11-12-24(19)4/h6-14,18H,5H2,1-4H3,(H,22,26)/t18-/m1/s1. The summed E-state index contributed by atoms with van der Waals surface area (Å²) < 4.78 is 3.68. The first-order valence-electron chi connectivity index (χ1n) is 8.92. The number of carbonyl (C=O) groups excluding carboxylic acids is 1. The summed E-state index contributed by atoms with van der Waals surface area (Å²) in [4.78, 5) is 17.5. The molecule has 2 heterocycles. The number of imidazole rings is 1. The average molecular weight is 351 g/mol. The molecular weight excluding hydrogens is 326 g/mol. The number of hydrogen-bond donors (Lipinski definition) is 1. The van der Waals surface area contributed by atoms with Gasteiger partial charge in [-0.05, 0) is 24.5 Å². The molecule has 1 N–H and O–H groups in total. The van der Waals surface area contributed by atoms with Crippen molar-refractivity contribution in [2.24, 2.45) is 7.05 Å². The first-order valence-corrected chi connectivity index (χ1v) is 8.92. The Kier molecular flexibility index (Phi) is 5.21. The van der Waals surface area contributed by atoms with Gasteiger partial charge in [-0.15, -0.1) is 0 Å². The molecule has 1 amide bonds. The number of hydrogen-bond acceptors (Lipinski definition) is 3. The number of amides is 1. The van der Waals surface area contributed by atoms with Crippen molar-refractivity contribution in [3.63, 3.8) is 0 Å². The van der Waals surface area contributed by atoms with Gasteiger partial charge in [0.05, 0.1) is 5.69 Å². The third-order valence-corrected chi connectivity index (χ3v) is 4.45. The quantitative estimate of drug-likeness (QED) is 0.741. The van der Waals surface area contributed by atoms with Gasteiger partial charge in [-0.2, -0.15) is 5.10 Å². The highest BCUT2D eigenvalue weighted by Gasteiger charge is 2.24. The minimum absolute atomic E-state index is 0.150. The van der Waals surface area contributed by atoms with Gasteiger partial charge in [-0.1, -0.05) is 44.2 Å². The minimum Gasteiger partial charge on any atom is -0.337 e. The Bertz CT molecular complexity index is 879. The number of aromatic nitrogens is 4. The molecule has 6 nitrogen and oxygen atoms in total. The van der Waals surface area contributed by atoms with E-state index in [1.807, 2.05) is 61.1 Å². The molecule has 1 atom stereocenters. The van der Waals surface area contributed by atoms with Crippen molar-refractivity contribution in [2.75, 3.05) is 0 Å². The van der Waals surface area contributed by atoms with Gasteiger partial charge in [0, 0.05) is 26.0 Å². The van der Waals surface area contributed by atoms with Crippen LogP contribution >= 0.6 is 0 Å². The smallest absolute Gasteiger partial charge is 0.270 e. The topological polar surface area (TPSA) is 64.7 Å². The third-order valence-electron chi connectivity index (χ3n) is 4.45. The Morgan fingerprint density at radius 1 is 1.23 bits per heavy atom. The molecule has 0 spiro atoms. The molecule has 0 aliphatic rings. The van der Waals surface area contributed by atoms with E-state index in [0.29, 0.717) is 12.2 Å². The first-order chi connectivity index (χ1) is 12.5. The van der Waals surface area contributed by atoms with Crippen LogP contribution in [0.15, 0.2) is 48.8 Å². The molecule has 2 aromatic heterocycles. The van der Waals surface area contributed by atoms with Crippen LogP contribution in [0.2, 0.25) is 0 Å². The molecule has 3 rings (SSSR count). The van der Waals surface area contributed by atoms with Gasteiger partial charge in [0.15, 0.2) is 0 Å². The molecule has 0 bridgehead atoms. The number of nitrogens with zero attached hydrogens (tertiary/aromatic N) is 4. The number of benzene rings is 1. The van der Waals surface area contributed by atoms with Crippen molar-refractivity contribution >= 4 is 5.91 Å². The summed E-state index contributed by atoms with van der Waals surface area (Å²) >= 11 is 0. The predicted octanol–water partition coefficient (Wildman–Crippen LogP) is 3.28. The van der Waals surface area contributed by atoms with Crippen LogP contribution in [0.1, 0.15) is 60.3 Å². The summed E-state index contributed by atoms with van der Waals surface area (Å²) in [5, 5.41) is 7.68. The van der Waals surface area contributed by atoms with E-state index in [-0.39, 0.29) is 17.9 Å². The van der Waals surface area contributed by atoms with Crippen molar-refractivity contribution in [1.82, 2.24) is 24.6 Å². The molecular formula is C20H25N5O. The lowest BCUT2D eigenvalue weighted by Crippen LogP contribution is -2.32. The van der Waals surface area contributed by atoms with E-state index in [9.17, 15) is 4.79 Å². The van der Waals surface area contributed by atoms with Crippen molar-refractivity contribution in [2.45, 2.75) is 39.3 Å². The van der Waals surface area contributed by atoms with Gasteiger partial charge in [0.2, 0.25) is 0 Å². The summed E-state index contributed by atoms with van der Waals surface area (Å²) in [7, 11) is 1.93. The summed E-state index contributed by atoms with van der Waals surface area (Å²) in [5.74, 6) is 0.910. The molecule has 26 heavy (non-hydrogen) atoms. The molecule has 0 aliphatic carbocycles. The molecule has 0 unspecified atom stereocenters. The van der Waals surface area contributed by atoms with Gasteiger partial charge >= 0.3 is 0 Å². The Morgan fingerprint density at radius 2 is 1.96 bits per heavy atom. The van der Waals surface area contributed by atoms with E-state index in [4.69, 9.17) is 0 Å². The monoisotopic (exact) mass is 351 g/mol. The maximum Gasteiger partial charge on any atom is 0.270 e. The first kappa shape index (κ1) is 17.9. The Hall–Kier alpha value is -2.89. The SMILES string of the molecule is CCn1nc(C(C)C)cc1C(=O)N[C@H](c1ccccc1)c1nccn1C. The summed E-state index contributed by atoms with van der Waals surface area (Å²) in [6, 6.07) is 11.4. The van der Waals surface area contributed by atoms with Crippen molar-refractivity contribution in [3.05, 3.63) is 71.6 Å². The lowest BCUT2D eigenvalue weighted by Gasteiger charge is -2.19. The second kappa shape index (κ2) is 7.56. The molecule has 136 valence electrons. The molecule has 0 radical (unpaired) electrons. The van der Waals surface area contributed by atoms with Gasteiger partial charge in [-0.25, -0.2) is 4.98 Å². The van der Waals surface area contributed by atoms with E-state index in [0.717, 1.165) is 17.1 Å². The van der Waals surface area contributed by atoms with Gasteiger partial charge in [-0.3, -0.25) is 9.48 Å². The fourth-order valence-corrected chi connectivity index (χ4v) is 2.95. The van der Waals surface area contributed by atoms with Crippen LogP contribution in [0.25, 0.3) is 0 Å². The number of nitrogens with one attached hydrogen (secondary N) is 1. The van der Waals surface area contributed by atoms with Crippen LogP contribution in [0.5, 0.6) is 0 Å². The maximum absolute atomic E-state index is 13.0. The van der Waals surface area contributed by atoms with E-state index in [1.54, 1.807) is 10.9 Å². The lowest BCUT2D eigenvalue weighted by molar-refractivity contribution is 0.0930. The molecule has 3 aromatic rings. The third kappa shape index (κ3) is 3.54. The largest absolute Gasteiger partial charge is 0.337 e. The Balaban J connectivity index is 1.95. The van der Waals surface area contributed by atoms with Crippen LogP contribution in [-0.4, -0.2) is 25.2 Å². The fraction of sp³-hybridized carbons (Fsp3) is 0.350. The van der Waals surface area contributed by atoms with Crippen molar-refractivity contribution < 1.29 is 4.79 Å².